The summed E-state index contributed by atoms with van der Waals surface area (Å²) < 4.78 is 21.6. The maximum atomic E-state index is 5.57. The van der Waals surface area contributed by atoms with Crippen LogP contribution in [0, 0.1) is 0 Å². The highest BCUT2D eigenvalue weighted by atomic mass is 16.7. The Morgan fingerprint density at radius 3 is 1.86 bits per heavy atom. The van der Waals surface area contributed by atoms with E-state index in [0.29, 0.717) is 38.3 Å². The van der Waals surface area contributed by atoms with Gasteiger partial charge in [-0.3, -0.25) is 9.68 Å². The van der Waals surface area contributed by atoms with E-state index in [0.717, 1.165) is 34.1 Å². The molecule has 0 fully saturated rings. The smallest absolute Gasteiger partial charge is 0.231 e. The molecule has 150 valence electrons. The monoisotopic (exact) mass is 398 g/mol. The number of nitrogens with one attached hydrogen (secondary N) is 2. The summed E-state index contributed by atoms with van der Waals surface area (Å²) >= 11 is 0. The van der Waals surface area contributed by atoms with Gasteiger partial charge in [0.05, 0.1) is 11.1 Å². The number of hydroxylamine groups is 2. The molecule has 4 heterocycles. The zero-order chi connectivity index (χ0) is 19.5. The molecule has 0 unspecified atom stereocenters. The van der Waals surface area contributed by atoms with Crippen molar-refractivity contribution in [2.75, 3.05) is 33.5 Å². The van der Waals surface area contributed by atoms with Crippen LogP contribution < -0.4 is 29.9 Å². The number of rotatable bonds is 2. The van der Waals surface area contributed by atoms with Crippen molar-refractivity contribution in [3.8, 4) is 23.0 Å². The molecule has 2 N–H and O–H groups in total. The molecule has 4 aliphatic heterocycles. The molecule has 10 heteroatoms. The van der Waals surface area contributed by atoms with E-state index in [9.17, 15) is 0 Å². The van der Waals surface area contributed by atoms with Gasteiger partial charge in [0.1, 0.15) is 13.2 Å². The van der Waals surface area contributed by atoms with Crippen molar-refractivity contribution in [2.45, 2.75) is 0 Å². The van der Waals surface area contributed by atoms with Crippen LogP contribution >= 0.6 is 0 Å². The van der Waals surface area contributed by atoms with E-state index in [2.05, 4.69) is 20.9 Å². The lowest BCUT2D eigenvalue weighted by molar-refractivity contribution is 0.115. The largest absolute Gasteiger partial charge is 0.486 e. The Bertz CT molecular complexity index is 977. The van der Waals surface area contributed by atoms with Crippen LogP contribution in [0.3, 0.4) is 0 Å². The number of benzene rings is 2. The Hall–Kier alpha value is -3.50. The highest BCUT2D eigenvalue weighted by Gasteiger charge is 2.22. The van der Waals surface area contributed by atoms with Crippen molar-refractivity contribution in [3.63, 3.8) is 0 Å². The molecule has 0 atom stereocenters. The predicted octanol–water partition coefficient (Wildman–Crippen LogP) is 1.35. The molecule has 0 aliphatic carbocycles. The van der Waals surface area contributed by atoms with Gasteiger partial charge in [0, 0.05) is 0 Å². The van der Waals surface area contributed by atoms with Crippen LogP contribution in [-0.2, 0) is 9.68 Å². The molecule has 2 aromatic carbocycles. The minimum absolute atomic E-state index is 0.264. The summed E-state index contributed by atoms with van der Waals surface area (Å²) in [5.41, 5.74) is 7.21. The van der Waals surface area contributed by atoms with Gasteiger partial charge >= 0.3 is 0 Å². The molecule has 0 saturated carbocycles. The number of ether oxygens (including phenoxy) is 4. The van der Waals surface area contributed by atoms with Crippen molar-refractivity contribution in [3.05, 3.63) is 47.5 Å². The number of hydrogen-bond donors (Lipinski definition) is 2. The lowest BCUT2D eigenvalue weighted by Crippen LogP contribution is -2.22. The molecule has 0 spiro atoms. The van der Waals surface area contributed by atoms with E-state index in [1.807, 2.05) is 36.4 Å². The molecular formula is C19H18N4O6. The van der Waals surface area contributed by atoms with Gasteiger partial charge in [0.25, 0.3) is 0 Å². The highest BCUT2D eigenvalue weighted by molar-refractivity contribution is 6.02. The van der Waals surface area contributed by atoms with E-state index < -0.39 is 0 Å². The third kappa shape index (κ3) is 3.50. The van der Waals surface area contributed by atoms with Crippen molar-refractivity contribution in [2.24, 2.45) is 9.98 Å². The van der Waals surface area contributed by atoms with Gasteiger partial charge in [-0.1, -0.05) is 12.1 Å². The Morgan fingerprint density at radius 1 is 0.655 bits per heavy atom. The quantitative estimate of drug-likeness (QED) is 0.781. The van der Waals surface area contributed by atoms with Crippen molar-refractivity contribution < 1.29 is 28.6 Å². The molecular weight excluding hydrogens is 380 g/mol. The summed E-state index contributed by atoms with van der Waals surface area (Å²) in [4.78, 5) is 18.2. The summed E-state index contributed by atoms with van der Waals surface area (Å²) in [6, 6.07) is 11.4. The fourth-order valence-corrected chi connectivity index (χ4v) is 3.12. The summed E-state index contributed by atoms with van der Waals surface area (Å²) in [5.74, 6) is 4.35. The molecule has 4 aliphatic rings. The number of fused-ring (bicyclic) bond motifs is 2. The highest BCUT2D eigenvalue weighted by Crippen LogP contribution is 2.36. The van der Waals surface area contributed by atoms with E-state index in [1.54, 1.807) is 0 Å². The molecule has 0 amide bonds. The summed E-state index contributed by atoms with van der Waals surface area (Å²) in [6.45, 7) is 2.09. The minimum atomic E-state index is 0.264. The first kappa shape index (κ1) is 17.6. The van der Waals surface area contributed by atoms with Gasteiger partial charge < -0.3 is 18.9 Å². The molecule has 10 nitrogen and oxygen atoms in total. The first-order valence-electron chi connectivity index (χ1n) is 9.02. The standard InChI is InChI=1S/C10H10N2O3.C9H8N2O3/c1-2-7(10-11-6-15-12-10)9-8(3-1)13-4-5-14-9;1-2-6(9-10-4-14-11-9)8-7(3-1)12-5-13-8/h1-3H,4-6H2,(H,11,12);1-3H,4-5H2,(H,10,11). The van der Waals surface area contributed by atoms with E-state index in [-0.39, 0.29) is 6.79 Å². The average Bonchev–Trinajstić information content (AvgIpc) is 3.56. The normalized spacial score (nSPS) is 18.1. The SMILES string of the molecule is c1cc2c(c(C3=NCON3)c1)OCCO2.c1cc2c(c(C3=NCON3)c1)OCO2. The predicted molar refractivity (Wildman–Crippen MR) is 101 cm³/mol. The van der Waals surface area contributed by atoms with Gasteiger partial charge in [0.15, 0.2) is 48.1 Å². The Morgan fingerprint density at radius 2 is 1.24 bits per heavy atom. The number of aliphatic imine (C=N–C) groups is 2. The van der Waals surface area contributed by atoms with E-state index in [4.69, 9.17) is 28.6 Å². The Kier molecular flexibility index (Phi) is 4.76. The van der Waals surface area contributed by atoms with Crippen LogP contribution in [0.4, 0.5) is 0 Å². The van der Waals surface area contributed by atoms with Gasteiger partial charge in [-0.15, -0.1) is 0 Å². The van der Waals surface area contributed by atoms with Crippen LogP contribution in [0.5, 0.6) is 23.0 Å². The van der Waals surface area contributed by atoms with Crippen molar-refractivity contribution >= 4 is 11.7 Å². The Labute approximate surface area is 166 Å². The van der Waals surface area contributed by atoms with Gasteiger partial charge in [0.2, 0.25) is 6.79 Å². The summed E-state index contributed by atoms with van der Waals surface area (Å²) in [5, 5.41) is 0. The van der Waals surface area contributed by atoms with Gasteiger partial charge in [-0.25, -0.2) is 20.9 Å². The second kappa shape index (κ2) is 7.86. The summed E-state index contributed by atoms with van der Waals surface area (Å²) in [7, 11) is 0. The van der Waals surface area contributed by atoms with Crippen LogP contribution in [0.25, 0.3) is 0 Å². The topological polar surface area (TPSA) is 104 Å². The molecule has 0 radical (unpaired) electrons. The van der Waals surface area contributed by atoms with Crippen LogP contribution in [-0.4, -0.2) is 45.1 Å². The maximum absolute atomic E-state index is 5.57. The van der Waals surface area contributed by atoms with E-state index in [1.165, 1.54) is 0 Å². The molecule has 6 rings (SSSR count). The lowest BCUT2D eigenvalue weighted by Gasteiger charge is -2.20. The number of amidine groups is 2. The molecule has 0 aromatic heterocycles. The number of hydrogen-bond acceptors (Lipinski definition) is 10. The fourth-order valence-electron chi connectivity index (χ4n) is 3.12. The molecule has 2 aromatic rings. The first-order valence-corrected chi connectivity index (χ1v) is 9.02. The second-order valence-electron chi connectivity index (χ2n) is 6.13. The number of para-hydroxylation sites is 2. The zero-order valence-corrected chi connectivity index (χ0v) is 15.3. The van der Waals surface area contributed by atoms with Crippen molar-refractivity contribution in [1.29, 1.82) is 0 Å². The van der Waals surface area contributed by atoms with Gasteiger partial charge in [-0.2, -0.15) is 0 Å². The fraction of sp³-hybridized carbons (Fsp3) is 0.263. The maximum Gasteiger partial charge on any atom is 0.231 e. The van der Waals surface area contributed by atoms with Crippen molar-refractivity contribution in [1.82, 2.24) is 11.0 Å². The van der Waals surface area contributed by atoms with Crippen LogP contribution in [0.2, 0.25) is 0 Å². The average molecular weight is 398 g/mol. The zero-order valence-electron chi connectivity index (χ0n) is 15.3. The number of nitrogens with zero attached hydrogens (tertiary/aromatic N) is 2. The Balaban J connectivity index is 0.000000125. The van der Waals surface area contributed by atoms with Gasteiger partial charge in [-0.05, 0) is 24.3 Å². The molecule has 0 saturated heterocycles. The lowest BCUT2D eigenvalue weighted by atomic mass is 10.1. The first-order chi connectivity index (χ1) is 14.4. The molecule has 0 bridgehead atoms. The third-order valence-corrected chi connectivity index (χ3v) is 4.39. The minimum Gasteiger partial charge on any atom is -0.486 e. The van der Waals surface area contributed by atoms with Crippen LogP contribution in [0.15, 0.2) is 46.4 Å². The second-order valence-corrected chi connectivity index (χ2v) is 6.13. The molecule has 29 heavy (non-hydrogen) atoms. The third-order valence-electron chi connectivity index (χ3n) is 4.39. The van der Waals surface area contributed by atoms with Crippen LogP contribution in [0.1, 0.15) is 11.1 Å². The van der Waals surface area contributed by atoms with E-state index >= 15 is 0 Å². The summed E-state index contributed by atoms with van der Waals surface area (Å²) in [6.07, 6.45) is 0.